The summed E-state index contributed by atoms with van der Waals surface area (Å²) in [5.74, 6) is -0.276. The number of aromatic nitrogens is 3. The molecule has 0 atom stereocenters. The van der Waals surface area contributed by atoms with E-state index in [1.54, 1.807) is 16.9 Å². The van der Waals surface area contributed by atoms with Crippen LogP contribution in [0.2, 0.25) is 0 Å². The van der Waals surface area contributed by atoms with Crippen LogP contribution < -0.4 is 5.32 Å². The lowest BCUT2D eigenvalue weighted by Gasteiger charge is -2.08. The van der Waals surface area contributed by atoms with E-state index in [0.29, 0.717) is 17.8 Å². The Morgan fingerprint density at radius 1 is 1.14 bits per heavy atom. The van der Waals surface area contributed by atoms with E-state index in [1.807, 2.05) is 43.4 Å². The molecule has 0 unspecified atom stereocenters. The molecule has 0 amide bonds. The van der Waals surface area contributed by atoms with Gasteiger partial charge in [0.2, 0.25) is 0 Å². The average Bonchev–Trinajstić information content (AvgIpc) is 2.98. The number of halogens is 1. The lowest BCUT2D eigenvalue weighted by atomic mass is 10.1. The Morgan fingerprint density at radius 3 is 2.67 bits per heavy atom. The molecule has 1 heterocycles. The summed E-state index contributed by atoms with van der Waals surface area (Å²) in [7, 11) is 1.83. The van der Waals surface area contributed by atoms with Gasteiger partial charge in [-0.05, 0) is 36.9 Å². The van der Waals surface area contributed by atoms with Crippen LogP contribution >= 0.6 is 0 Å². The van der Waals surface area contributed by atoms with E-state index in [2.05, 4.69) is 15.6 Å². The minimum atomic E-state index is -0.276. The Morgan fingerprint density at radius 2 is 1.95 bits per heavy atom. The molecule has 0 radical (unpaired) electrons. The molecule has 0 spiro atoms. The van der Waals surface area contributed by atoms with Crippen LogP contribution in [0.4, 0.5) is 4.39 Å². The van der Waals surface area contributed by atoms with Crippen molar-refractivity contribution in [3.05, 3.63) is 66.1 Å². The third-order valence-electron chi connectivity index (χ3n) is 3.24. The molecule has 5 heteroatoms. The van der Waals surface area contributed by atoms with Gasteiger partial charge >= 0.3 is 0 Å². The van der Waals surface area contributed by atoms with Crippen molar-refractivity contribution in [3.8, 4) is 16.9 Å². The van der Waals surface area contributed by atoms with Crippen molar-refractivity contribution in [3.63, 3.8) is 0 Å². The molecule has 106 valence electrons. The van der Waals surface area contributed by atoms with Crippen molar-refractivity contribution in [2.45, 2.75) is 6.54 Å². The molecule has 0 saturated carbocycles. The van der Waals surface area contributed by atoms with Gasteiger partial charge in [0.15, 0.2) is 0 Å². The van der Waals surface area contributed by atoms with Gasteiger partial charge in [-0.1, -0.05) is 29.5 Å². The highest BCUT2D eigenvalue weighted by Crippen LogP contribution is 2.25. The molecule has 1 N–H and O–H groups in total. The van der Waals surface area contributed by atoms with Crippen LogP contribution in [-0.2, 0) is 6.54 Å². The summed E-state index contributed by atoms with van der Waals surface area (Å²) in [6.45, 7) is 0.632. The van der Waals surface area contributed by atoms with Crippen LogP contribution in [-0.4, -0.2) is 22.0 Å². The molecular formula is C16H15FN4. The van der Waals surface area contributed by atoms with E-state index in [-0.39, 0.29) is 5.82 Å². The molecule has 0 saturated heterocycles. The van der Waals surface area contributed by atoms with Gasteiger partial charge in [0.1, 0.15) is 5.82 Å². The highest BCUT2D eigenvalue weighted by molar-refractivity contribution is 5.62. The maximum atomic E-state index is 14.3. The number of nitrogens with one attached hydrogen (secondary N) is 1. The Bertz CT molecular complexity index is 737. The van der Waals surface area contributed by atoms with Crippen LogP contribution in [0.1, 0.15) is 5.56 Å². The third-order valence-corrected chi connectivity index (χ3v) is 3.24. The molecule has 3 aromatic rings. The van der Waals surface area contributed by atoms with Crippen LogP contribution in [0, 0.1) is 5.82 Å². The predicted molar refractivity (Wildman–Crippen MR) is 79.5 cm³/mol. The predicted octanol–water partition coefficient (Wildman–Crippen LogP) is 2.79. The van der Waals surface area contributed by atoms with E-state index in [0.717, 1.165) is 11.3 Å². The summed E-state index contributed by atoms with van der Waals surface area (Å²) < 4.78 is 16.0. The van der Waals surface area contributed by atoms with Gasteiger partial charge in [-0.15, -0.1) is 5.10 Å². The van der Waals surface area contributed by atoms with E-state index in [1.165, 1.54) is 6.07 Å². The Kier molecular flexibility index (Phi) is 3.75. The number of hydrogen-bond donors (Lipinski definition) is 1. The molecule has 0 aliphatic heterocycles. The first kappa shape index (κ1) is 13.5. The van der Waals surface area contributed by atoms with Gasteiger partial charge in [-0.3, -0.25) is 0 Å². The lowest BCUT2D eigenvalue weighted by molar-refractivity contribution is 0.625. The van der Waals surface area contributed by atoms with Crippen LogP contribution in [0.3, 0.4) is 0 Å². The van der Waals surface area contributed by atoms with Crippen molar-refractivity contribution in [1.82, 2.24) is 20.3 Å². The summed E-state index contributed by atoms with van der Waals surface area (Å²) >= 11 is 0. The van der Waals surface area contributed by atoms with Gasteiger partial charge in [0, 0.05) is 12.1 Å². The third kappa shape index (κ3) is 2.68. The van der Waals surface area contributed by atoms with Gasteiger partial charge in [-0.25, -0.2) is 9.07 Å². The number of nitrogens with zero attached hydrogens (tertiary/aromatic N) is 3. The minimum absolute atomic E-state index is 0.276. The first-order valence-electron chi connectivity index (χ1n) is 6.69. The molecule has 1 aromatic heterocycles. The Balaban J connectivity index is 2.04. The van der Waals surface area contributed by atoms with E-state index in [4.69, 9.17) is 0 Å². The molecule has 4 nitrogen and oxygen atoms in total. The Labute approximate surface area is 122 Å². The monoisotopic (exact) mass is 282 g/mol. The summed E-state index contributed by atoms with van der Waals surface area (Å²) in [4.78, 5) is 0. The largest absolute Gasteiger partial charge is 0.316 e. The molecule has 3 rings (SSSR count). The maximum absolute atomic E-state index is 14.3. The van der Waals surface area contributed by atoms with Gasteiger partial charge < -0.3 is 5.32 Å². The number of benzene rings is 2. The molecule has 0 aliphatic rings. The highest BCUT2D eigenvalue weighted by Gasteiger charge is 2.13. The fourth-order valence-electron chi connectivity index (χ4n) is 2.26. The van der Waals surface area contributed by atoms with Crippen molar-refractivity contribution < 1.29 is 4.39 Å². The first-order chi connectivity index (χ1) is 10.3. The van der Waals surface area contributed by atoms with Crippen LogP contribution in [0.15, 0.2) is 54.7 Å². The van der Waals surface area contributed by atoms with E-state index < -0.39 is 0 Å². The van der Waals surface area contributed by atoms with Crippen molar-refractivity contribution in [2.24, 2.45) is 0 Å². The van der Waals surface area contributed by atoms with Crippen molar-refractivity contribution >= 4 is 0 Å². The second kappa shape index (κ2) is 5.85. The van der Waals surface area contributed by atoms with Crippen molar-refractivity contribution in [2.75, 3.05) is 7.05 Å². The second-order valence-corrected chi connectivity index (χ2v) is 4.71. The Hall–Kier alpha value is -2.53. The molecule has 0 bridgehead atoms. The fourth-order valence-corrected chi connectivity index (χ4v) is 2.26. The average molecular weight is 282 g/mol. The molecule has 0 fully saturated rings. The van der Waals surface area contributed by atoms with Crippen LogP contribution in [0.5, 0.6) is 0 Å². The quantitative estimate of drug-likeness (QED) is 0.800. The van der Waals surface area contributed by atoms with Crippen molar-refractivity contribution in [1.29, 1.82) is 0 Å². The minimum Gasteiger partial charge on any atom is -0.316 e. The zero-order valence-corrected chi connectivity index (χ0v) is 11.6. The fraction of sp³-hybridized carbons (Fsp3) is 0.125. The molecule has 0 aliphatic carbocycles. The topological polar surface area (TPSA) is 42.7 Å². The van der Waals surface area contributed by atoms with Gasteiger partial charge in [0.05, 0.1) is 17.6 Å². The van der Waals surface area contributed by atoms with Gasteiger partial charge in [0.25, 0.3) is 0 Å². The lowest BCUT2D eigenvalue weighted by Crippen LogP contribution is -2.06. The summed E-state index contributed by atoms with van der Waals surface area (Å²) in [5, 5.41) is 11.0. The maximum Gasteiger partial charge on any atom is 0.132 e. The molecular weight excluding hydrogens is 267 g/mol. The second-order valence-electron chi connectivity index (χ2n) is 4.71. The molecule has 2 aromatic carbocycles. The number of hydrogen-bond acceptors (Lipinski definition) is 3. The SMILES string of the molecule is CNCc1ccc(-c2cnnn2-c2ccccc2)c(F)c1. The normalized spacial score (nSPS) is 10.8. The summed E-state index contributed by atoms with van der Waals surface area (Å²) in [6, 6.07) is 14.8. The van der Waals surface area contributed by atoms with Crippen LogP contribution in [0.25, 0.3) is 16.9 Å². The summed E-state index contributed by atoms with van der Waals surface area (Å²) in [6.07, 6.45) is 1.57. The first-order valence-corrected chi connectivity index (χ1v) is 6.69. The zero-order valence-electron chi connectivity index (χ0n) is 11.6. The zero-order chi connectivity index (χ0) is 14.7. The smallest absolute Gasteiger partial charge is 0.132 e. The number of para-hydroxylation sites is 1. The van der Waals surface area contributed by atoms with Gasteiger partial charge in [-0.2, -0.15) is 0 Å². The van der Waals surface area contributed by atoms with E-state index >= 15 is 0 Å². The van der Waals surface area contributed by atoms with E-state index in [9.17, 15) is 4.39 Å². The summed E-state index contributed by atoms with van der Waals surface area (Å²) in [5.41, 5.74) is 2.87. The molecule has 21 heavy (non-hydrogen) atoms. The number of rotatable bonds is 4. The standard InChI is InChI=1S/C16H15FN4/c1-18-10-12-7-8-14(15(17)9-12)16-11-19-20-21(16)13-5-3-2-4-6-13/h2-9,11,18H,10H2,1H3. The highest BCUT2D eigenvalue weighted by atomic mass is 19.1.